The summed E-state index contributed by atoms with van der Waals surface area (Å²) < 4.78 is 66.3. The van der Waals surface area contributed by atoms with Crippen molar-refractivity contribution in [1.82, 2.24) is 0 Å². The molecule has 0 aliphatic heterocycles. The molecule has 0 spiro atoms. The summed E-state index contributed by atoms with van der Waals surface area (Å²) in [6, 6.07) is 4.83. The van der Waals surface area contributed by atoms with Gasteiger partial charge in [-0.25, -0.2) is 21.6 Å². The van der Waals surface area contributed by atoms with Gasteiger partial charge in [0.05, 0.1) is 15.2 Å². The summed E-state index contributed by atoms with van der Waals surface area (Å²) in [7, 11) is -3.92. The van der Waals surface area contributed by atoms with Gasteiger partial charge in [0.2, 0.25) is 0 Å². The highest BCUT2D eigenvalue weighted by molar-refractivity contribution is 7.92. The zero-order valence-corrected chi connectivity index (χ0v) is 17.6. The lowest BCUT2D eigenvalue weighted by Gasteiger charge is -2.27. The Morgan fingerprint density at radius 1 is 1.00 bits per heavy atom. The van der Waals surface area contributed by atoms with E-state index in [2.05, 4.69) is 5.32 Å². The van der Waals surface area contributed by atoms with Crippen LogP contribution in [0.5, 0.6) is 0 Å². The van der Waals surface area contributed by atoms with Crippen molar-refractivity contribution in [2.75, 3.05) is 5.32 Å². The van der Waals surface area contributed by atoms with E-state index in [-0.39, 0.29) is 51.6 Å². The Labute approximate surface area is 181 Å². The minimum atomic E-state index is -3.92. The van der Waals surface area contributed by atoms with E-state index >= 15 is 0 Å². The molecule has 0 saturated heterocycles. The predicted octanol–water partition coefficient (Wildman–Crippen LogP) is 4.54. The molecule has 2 aliphatic carbocycles. The number of hydrogen-bond acceptors (Lipinski definition) is 4. The normalized spacial score (nSPS) is 23.1. The maximum absolute atomic E-state index is 13.4. The quantitative estimate of drug-likeness (QED) is 0.664. The molecule has 2 fully saturated rings. The third kappa shape index (κ3) is 3.96. The smallest absolute Gasteiger partial charge is 0.255 e. The molecule has 4 rings (SSSR count). The van der Waals surface area contributed by atoms with Crippen LogP contribution in [0.1, 0.15) is 36.0 Å². The van der Waals surface area contributed by atoms with Crippen molar-refractivity contribution in [2.24, 2.45) is 11.8 Å². The Morgan fingerprint density at radius 2 is 1.58 bits per heavy atom. The highest BCUT2D eigenvalue weighted by Gasteiger charge is 2.46. The molecule has 164 valence electrons. The SMILES string of the molecule is O=C(Nc1cc(F)c(F)c(F)c1)c1ccc(Cl)c(S(=O)(=O)C2CC3CC[C@@H](C2)C3=O)c1. The molecule has 5 nitrogen and oxygen atoms in total. The van der Waals surface area contributed by atoms with E-state index < -0.39 is 38.4 Å². The number of benzene rings is 2. The van der Waals surface area contributed by atoms with Crippen molar-refractivity contribution >= 4 is 38.8 Å². The molecule has 2 aliphatic rings. The van der Waals surface area contributed by atoms with Crippen LogP contribution in [0, 0.1) is 29.3 Å². The summed E-state index contributed by atoms with van der Waals surface area (Å²) in [6.45, 7) is 0. The maximum Gasteiger partial charge on any atom is 0.255 e. The predicted molar refractivity (Wildman–Crippen MR) is 107 cm³/mol. The summed E-state index contributed by atoms with van der Waals surface area (Å²) in [5.74, 6) is -5.90. The van der Waals surface area contributed by atoms with Crippen LogP contribution in [-0.4, -0.2) is 25.4 Å². The number of rotatable bonds is 4. The molecule has 2 unspecified atom stereocenters. The second-order valence-electron chi connectivity index (χ2n) is 7.87. The summed E-state index contributed by atoms with van der Waals surface area (Å²) in [5, 5.41) is 1.36. The van der Waals surface area contributed by atoms with Crippen LogP contribution in [0.2, 0.25) is 5.02 Å². The van der Waals surface area contributed by atoms with E-state index in [1.54, 1.807) is 0 Å². The number of sulfone groups is 1. The third-order valence-electron chi connectivity index (χ3n) is 5.94. The fourth-order valence-corrected chi connectivity index (χ4v) is 6.75. The van der Waals surface area contributed by atoms with Gasteiger partial charge in [-0.1, -0.05) is 11.6 Å². The first kappa shape index (κ1) is 21.8. The number of carbonyl (C=O) groups excluding carboxylic acids is 2. The number of amides is 1. The van der Waals surface area contributed by atoms with Crippen LogP contribution in [0.3, 0.4) is 0 Å². The zero-order valence-electron chi connectivity index (χ0n) is 16.0. The van der Waals surface area contributed by atoms with Gasteiger partial charge in [-0.15, -0.1) is 0 Å². The molecule has 2 aromatic carbocycles. The number of anilines is 1. The number of hydrogen-bond donors (Lipinski definition) is 1. The highest BCUT2D eigenvalue weighted by Crippen LogP contribution is 2.43. The standard InChI is InChI=1S/C21H17ClF3NO4S/c22-15-4-3-12(21(28)26-13-8-16(23)19(25)17(24)9-13)7-18(15)31(29,30)14-5-10-1-2-11(6-14)20(10)27/h3-4,7-11,14H,1-2,5-6H2,(H,26,28)/t10-,11?,14?/m0/s1. The van der Waals surface area contributed by atoms with Crippen molar-refractivity contribution < 1.29 is 31.2 Å². The van der Waals surface area contributed by atoms with Crippen molar-refractivity contribution in [3.63, 3.8) is 0 Å². The largest absolute Gasteiger partial charge is 0.322 e. The highest BCUT2D eigenvalue weighted by atomic mass is 35.5. The molecule has 0 radical (unpaired) electrons. The van der Waals surface area contributed by atoms with Gasteiger partial charge in [-0.05, 0) is 43.9 Å². The molecule has 2 bridgehead atoms. The number of halogens is 4. The fraction of sp³-hybridized carbons (Fsp3) is 0.333. The average molecular weight is 472 g/mol. The molecule has 31 heavy (non-hydrogen) atoms. The Balaban J connectivity index is 1.61. The average Bonchev–Trinajstić information content (AvgIpc) is 2.91. The van der Waals surface area contributed by atoms with Crippen molar-refractivity contribution in [2.45, 2.75) is 35.8 Å². The van der Waals surface area contributed by atoms with E-state index in [0.717, 1.165) is 6.07 Å². The summed E-state index contributed by atoms with van der Waals surface area (Å²) in [6.07, 6.45) is 1.80. The second kappa shape index (κ2) is 7.94. The third-order valence-corrected chi connectivity index (χ3v) is 8.60. The summed E-state index contributed by atoms with van der Waals surface area (Å²) in [5.41, 5.74) is -0.439. The molecule has 2 aromatic rings. The van der Waals surface area contributed by atoms with Crippen LogP contribution in [0.4, 0.5) is 18.9 Å². The van der Waals surface area contributed by atoms with Crippen LogP contribution in [-0.2, 0) is 14.6 Å². The van der Waals surface area contributed by atoms with E-state index in [0.29, 0.717) is 25.0 Å². The molecule has 2 saturated carbocycles. The van der Waals surface area contributed by atoms with Crippen molar-refractivity contribution in [1.29, 1.82) is 0 Å². The first-order valence-electron chi connectivity index (χ1n) is 9.61. The molecular weight excluding hydrogens is 455 g/mol. The lowest BCUT2D eigenvalue weighted by Crippen LogP contribution is -2.34. The van der Waals surface area contributed by atoms with Crippen LogP contribution < -0.4 is 5.32 Å². The number of ketones is 1. The first-order chi connectivity index (χ1) is 14.6. The molecule has 3 atom stereocenters. The molecule has 10 heteroatoms. The van der Waals surface area contributed by atoms with Crippen LogP contribution >= 0.6 is 11.6 Å². The van der Waals surface area contributed by atoms with Crippen LogP contribution in [0.25, 0.3) is 0 Å². The van der Waals surface area contributed by atoms with Gasteiger partial charge in [0.15, 0.2) is 27.3 Å². The molecule has 0 aromatic heterocycles. The molecule has 1 N–H and O–H groups in total. The Morgan fingerprint density at radius 3 is 2.16 bits per heavy atom. The van der Waals surface area contributed by atoms with Crippen molar-refractivity contribution in [3.05, 3.63) is 58.4 Å². The van der Waals surface area contributed by atoms with Gasteiger partial charge in [0, 0.05) is 35.2 Å². The molecule has 1 amide bonds. The van der Waals surface area contributed by atoms with Gasteiger partial charge in [0.25, 0.3) is 5.91 Å². The monoisotopic (exact) mass is 471 g/mol. The van der Waals surface area contributed by atoms with E-state index in [9.17, 15) is 31.2 Å². The number of fused-ring (bicyclic) bond motifs is 2. The lowest BCUT2D eigenvalue weighted by atomic mass is 9.87. The molecule has 0 heterocycles. The van der Waals surface area contributed by atoms with Gasteiger partial charge < -0.3 is 5.32 Å². The number of Topliss-reactive ketones (excluding diaryl/α,β-unsaturated/α-hetero) is 1. The van der Waals surface area contributed by atoms with Gasteiger partial charge in [0.1, 0.15) is 5.78 Å². The van der Waals surface area contributed by atoms with Crippen molar-refractivity contribution in [3.8, 4) is 0 Å². The maximum atomic E-state index is 13.4. The minimum absolute atomic E-state index is 0.0698. The molecular formula is C21H17ClF3NO4S. The number of carbonyl (C=O) groups is 2. The van der Waals surface area contributed by atoms with Gasteiger partial charge in [-0.2, -0.15) is 0 Å². The minimum Gasteiger partial charge on any atom is -0.322 e. The van der Waals surface area contributed by atoms with E-state index in [4.69, 9.17) is 11.6 Å². The Kier molecular flexibility index (Phi) is 5.59. The van der Waals surface area contributed by atoms with E-state index in [1.165, 1.54) is 12.1 Å². The zero-order chi connectivity index (χ0) is 22.5. The first-order valence-corrected chi connectivity index (χ1v) is 11.5. The lowest BCUT2D eigenvalue weighted by molar-refractivity contribution is -0.125. The topological polar surface area (TPSA) is 80.3 Å². The van der Waals surface area contributed by atoms with E-state index in [1.807, 2.05) is 0 Å². The second-order valence-corrected chi connectivity index (χ2v) is 10.5. The van der Waals surface area contributed by atoms with Gasteiger partial charge >= 0.3 is 0 Å². The summed E-state index contributed by atoms with van der Waals surface area (Å²) in [4.78, 5) is 24.4. The Hall–Kier alpha value is -2.39. The van der Waals surface area contributed by atoms with Gasteiger partial charge in [-0.3, -0.25) is 9.59 Å². The van der Waals surface area contributed by atoms with Crippen LogP contribution in [0.15, 0.2) is 35.2 Å². The summed E-state index contributed by atoms with van der Waals surface area (Å²) >= 11 is 6.12. The number of nitrogens with one attached hydrogen (secondary N) is 1. The fourth-order valence-electron chi connectivity index (χ4n) is 4.35. The Bertz CT molecular complexity index is 1160.